The third-order valence-electron chi connectivity index (χ3n) is 10.1. The molecule has 10 heteroatoms. The number of anilines is 1. The highest BCUT2D eigenvalue weighted by Crippen LogP contribution is 2.38. The van der Waals surface area contributed by atoms with Gasteiger partial charge in [-0.3, -0.25) is 4.79 Å². The number of amides is 1. The molecule has 3 saturated heterocycles. The van der Waals surface area contributed by atoms with Crippen molar-refractivity contribution in [3.8, 4) is 22.9 Å². The maximum atomic E-state index is 13.4. The fraction of sp³-hybridized carbons (Fsp3) is 0.389. The number of aromatic nitrogens is 4. The van der Waals surface area contributed by atoms with E-state index in [0.717, 1.165) is 77.5 Å². The van der Waals surface area contributed by atoms with Crippen LogP contribution in [0.25, 0.3) is 32.8 Å². The van der Waals surface area contributed by atoms with Crippen molar-refractivity contribution >= 4 is 33.4 Å². The highest BCUT2D eigenvalue weighted by atomic mass is 16.5. The number of aromatic hydroxyl groups is 1. The number of piperazine rings is 1. The van der Waals surface area contributed by atoms with Gasteiger partial charge in [0, 0.05) is 62.0 Å². The molecule has 8 rings (SSSR count). The zero-order valence-corrected chi connectivity index (χ0v) is 26.1. The summed E-state index contributed by atoms with van der Waals surface area (Å²) >= 11 is 0. The van der Waals surface area contributed by atoms with Crippen molar-refractivity contribution in [2.24, 2.45) is 0 Å². The Morgan fingerprint density at radius 1 is 1.00 bits per heavy atom. The molecule has 1 N–H and O–H groups in total. The van der Waals surface area contributed by atoms with E-state index in [9.17, 15) is 9.90 Å². The zero-order chi connectivity index (χ0) is 31.2. The van der Waals surface area contributed by atoms with Crippen LogP contribution in [0.4, 0.5) is 5.82 Å². The largest absolute Gasteiger partial charge is 0.508 e. The molecule has 2 unspecified atom stereocenters. The van der Waals surface area contributed by atoms with E-state index >= 15 is 0 Å². The molecule has 2 aromatic heterocycles. The molecule has 3 fully saturated rings. The number of likely N-dealkylation sites (tertiary alicyclic amines) is 1. The van der Waals surface area contributed by atoms with Crippen molar-refractivity contribution in [3.63, 3.8) is 0 Å². The first-order valence-electron chi connectivity index (χ1n) is 16.4. The van der Waals surface area contributed by atoms with E-state index in [1.54, 1.807) is 18.6 Å². The van der Waals surface area contributed by atoms with Crippen LogP contribution >= 0.6 is 0 Å². The summed E-state index contributed by atoms with van der Waals surface area (Å²) in [6, 6.07) is 19.0. The normalized spacial score (nSPS) is 21.5. The van der Waals surface area contributed by atoms with Crippen LogP contribution in [0.1, 0.15) is 32.1 Å². The predicted molar refractivity (Wildman–Crippen MR) is 178 cm³/mol. The molecule has 10 nitrogen and oxygen atoms in total. The SMILES string of the molecule is CN1CCC[C@H]1COc1nc(N2CC3CCC(C2)N3C(=O)CCn2ccnc2)c2ccc(-c3cc(O)cc4ccccc34)cc2n1. The van der Waals surface area contributed by atoms with Gasteiger partial charge in [-0.25, -0.2) is 4.98 Å². The van der Waals surface area contributed by atoms with Crippen LogP contribution in [0.5, 0.6) is 11.8 Å². The van der Waals surface area contributed by atoms with Gasteiger partial charge in [-0.15, -0.1) is 0 Å². The average Bonchev–Trinajstić information content (AvgIpc) is 3.81. The molecule has 3 aliphatic heterocycles. The molecule has 0 spiro atoms. The van der Waals surface area contributed by atoms with E-state index in [0.29, 0.717) is 31.6 Å². The number of likely N-dealkylation sites (N-methyl/N-ethyl adjacent to an activating group) is 1. The van der Waals surface area contributed by atoms with Gasteiger partial charge >= 0.3 is 6.01 Å². The van der Waals surface area contributed by atoms with Gasteiger partial charge < -0.3 is 29.1 Å². The Morgan fingerprint density at radius 2 is 1.85 bits per heavy atom. The predicted octanol–water partition coefficient (Wildman–Crippen LogP) is 5.10. The molecule has 5 heterocycles. The fourth-order valence-corrected chi connectivity index (χ4v) is 7.72. The molecule has 3 aliphatic rings. The van der Waals surface area contributed by atoms with Crippen molar-refractivity contribution in [3.05, 3.63) is 73.3 Å². The van der Waals surface area contributed by atoms with Gasteiger partial charge in [0.05, 0.1) is 11.8 Å². The van der Waals surface area contributed by atoms with Crippen LogP contribution in [0.2, 0.25) is 0 Å². The van der Waals surface area contributed by atoms with Crippen molar-refractivity contribution < 1.29 is 14.6 Å². The lowest BCUT2D eigenvalue weighted by atomic mass is 9.97. The van der Waals surface area contributed by atoms with Gasteiger partial charge in [0.2, 0.25) is 5.91 Å². The van der Waals surface area contributed by atoms with Crippen LogP contribution in [0.3, 0.4) is 0 Å². The number of imidazole rings is 1. The third-order valence-corrected chi connectivity index (χ3v) is 10.1. The molecule has 2 bridgehead atoms. The Balaban J connectivity index is 1.12. The zero-order valence-electron chi connectivity index (χ0n) is 26.1. The van der Waals surface area contributed by atoms with Gasteiger partial charge in [-0.1, -0.05) is 30.3 Å². The molecule has 236 valence electrons. The summed E-state index contributed by atoms with van der Waals surface area (Å²) in [6.45, 7) is 3.71. The summed E-state index contributed by atoms with van der Waals surface area (Å²) < 4.78 is 8.29. The van der Waals surface area contributed by atoms with Crippen molar-refractivity contribution in [1.29, 1.82) is 0 Å². The molecular formula is C36H39N7O3. The lowest BCUT2D eigenvalue weighted by molar-refractivity contribution is -0.134. The van der Waals surface area contributed by atoms with E-state index in [2.05, 4.69) is 51.0 Å². The van der Waals surface area contributed by atoms with Gasteiger partial charge in [-0.05, 0) is 85.4 Å². The van der Waals surface area contributed by atoms with E-state index in [4.69, 9.17) is 14.7 Å². The number of hydrogen-bond donors (Lipinski definition) is 1. The quantitative estimate of drug-likeness (QED) is 0.257. The lowest BCUT2D eigenvalue weighted by Gasteiger charge is -2.42. The van der Waals surface area contributed by atoms with E-state index in [1.165, 1.54) is 6.42 Å². The minimum atomic E-state index is 0.147. The van der Waals surface area contributed by atoms with Crippen molar-refractivity contribution in [1.82, 2.24) is 29.3 Å². The minimum Gasteiger partial charge on any atom is -0.508 e. The number of carbonyl (C=O) groups excluding carboxylic acids is 1. The van der Waals surface area contributed by atoms with E-state index in [1.807, 2.05) is 35.0 Å². The van der Waals surface area contributed by atoms with Crippen LogP contribution < -0.4 is 9.64 Å². The molecule has 3 aromatic carbocycles. The number of phenols is 1. The monoisotopic (exact) mass is 617 g/mol. The van der Waals surface area contributed by atoms with Crippen molar-refractivity contribution in [2.75, 3.05) is 38.2 Å². The Kier molecular flexibility index (Phi) is 7.44. The fourth-order valence-electron chi connectivity index (χ4n) is 7.72. The number of nitrogens with zero attached hydrogens (tertiary/aromatic N) is 7. The number of ether oxygens (including phenoxy) is 1. The van der Waals surface area contributed by atoms with Gasteiger partial charge in [0.15, 0.2) is 0 Å². The third kappa shape index (κ3) is 5.40. The maximum absolute atomic E-state index is 13.4. The summed E-state index contributed by atoms with van der Waals surface area (Å²) in [4.78, 5) is 34.3. The van der Waals surface area contributed by atoms with Crippen LogP contribution in [-0.4, -0.2) is 91.7 Å². The molecule has 0 aliphatic carbocycles. The van der Waals surface area contributed by atoms with Crippen molar-refractivity contribution in [2.45, 2.75) is 56.8 Å². The molecule has 3 atom stereocenters. The van der Waals surface area contributed by atoms with Gasteiger partial charge in [-0.2, -0.15) is 9.97 Å². The Bertz CT molecular complexity index is 1880. The second-order valence-electron chi connectivity index (χ2n) is 13.0. The molecule has 46 heavy (non-hydrogen) atoms. The average molecular weight is 618 g/mol. The highest BCUT2D eigenvalue weighted by molar-refractivity contribution is 6.01. The lowest BCUT2D eigenvalue weighted by Crippen LogP contribution is -2.56. The summed E-state index contributed by atoms with van der Waals surface area (Å²) in [5, 5.41) is 13.6. The number of carbonyl (C=O) groups is 1. The Morgan fingerprint density at radius 3 is 2.63 bits per heavy atom. The standard InChI is InChI=1S/C36H39N7O3/c1-40-14-4-6-28(40)22-46-36-38-33-18-25(32-19-29(44)17-24-5-2-3-7-30(24)32)8-11-31(33)35(39-36)42-20-26-9-10-27(21-42)43(26)34(45)12-15-41-16-13-37-23-41/h2-3,5,7-8,11,13,16-19,23,26-28,44H,4,6,9-10,12,14-15,20-22H2,1H3/t26?,27?,28-/m0/s1. The van der Waals surface area contributed by atoms with E-state index < -0.39 is 0 Å². The second kappa shape index (κ2) is 11.9. The number of aryl methyl sites for hydroxylation is 1. The summed E-state index contributed by atoms with van der Waals surface area (Å²) in [5.74, 6) is 1.30. The van der Waals surface area contributed by atoms with Gasteiger partial charge in [0.1, 0.15) is 18.2 Å². The second-order valence-corrected chi connectivity index (χ2v) is 13.0. The smallest absolute Gasteiger partial charge is 0.319 e. The van der Waals surface area contributed by atoms with E-state index in [-0.39, 0.29) is 23.7 Å². The Hall–Kier alpha value is -4.70. The van der Waals surface area contributed by atoms with Crippen LogP contribution in [0.15, 0.2) is 73.3 Å². The topological polar surface area (TPSA) is 99.9 Å². The number of rotatable bonds is 8. The van der Waals surface area contributed by atoms with Gasteiger partial charge in [0.25, 0.3) is 0 Å². The summed E-state index contributed by atoms with van der Waals surface area (Å²) in [6.07, 6.45) is 10.1. The summed E-state index contributed by atoms with van der Waals surface area (Å²) in [5.41, 5.74) is 2.73. The maximum Gasteiger partial charge on any atom is 0.319 e. The van der Waals surface area contributed by atoms with Crippen LogP contribution in [-0.2, 0) is 11.3 Å². The number of phenolic OH excluding ortho intramolecular Hbond substituents is 1. The Labute approximate surface area is 268 Å². The first-order valence-corrected chi connectivity index (χ1v) is 16.4. The highest BCUT2D eigenvalue weighted by Gasteiger charge is 2.43. The first kappa shape index (κ1) is 28.8. The molecular weight excluding hydrogens is 578 g/mol. The number of benzene rings is 3. The molecule has 0 saturated carbocycles. The number of fused-ring (bicyclic) bond motifs is 4. The summed E-state index contributed by atoms with van der Waals surface area (Å²) in [7, 11) is 2.14. The molecule has 1 amide bonds. The first-order chi connectivity index (χ1) is 22.5. The minimum absolute atomic E-state index is 0.147. The number of hydrogen-bond acceptors (Lipinski definition) is 8. The molecule has 0 radical (unpaired) electrons. The van der Waals surface area contributed by atoms with Crippen LogP contribution in [0, 0.1) is 0 Å². The molecule has 5 aromatic rings.